The second-order valence-electron chi connectivity index (χ2n) is 3.41. The summed E-state index contributed by atoms with van der Waals surface area (Å²) in [4.78, 5) is 3.11. The molecule has 1 aromatic rings. The predicted molar refractivity (Wildman–Crippen MR) is 51.8 cm³/mol. The van der Waals surface area contributed by atoms with Crippen LogP contribution in [0.2, 0.25) is 0 Å². The third kappa shape index (κ3) is 1.29. The van der Waals surface area contributed by atoms with Crippen molar-refractivity contribution in [2.24, 2.45) is 5.41 Å². The number of rotatable bonds is 0. The summed E-state index contributed by atoms with van der Waals surface area (Å²) in [6.07, 6.45) is 9.66. The number of nitrogens with one attached hydrogen (secondary N) is 1. The number of fused-ring (bicyclic) bond motifs is 1. The lowest BCUT2D eigenvalue weighted by atomic mass is 9.92. The minimum atomic E-state index is -0.482. The Morgan fingerprint density at radius 2 is 2.38 bits per heavy atom. The second kappa shape index (κ2) is 2.63. The van der Waals surface area contributed by atoms with E-state index in [0.717, 1.165) is 10.6 Å². The Balaban J connectivity index is 2.75. The van der Waals surface area contributed by atoms with Gasteiger partial charge in [-0.25, -0.2) is 0 Å². The van der Waals surface area contributed by atoms with Crippen LogP contribution in [0.1, 0.15) is 6.92 Å². The Hall–Kier alpha value is -1.75. The molecule has 2 heteroatoms. The quantitative estimate of drug-likeness (QED) is 0.611. The monoisotopic (exact) mass is 170 g/mol. The molecule has 13 heavy (non-hydrogen) atoms. The molecule has 1 unspecified atom stereocenters. The molecule has 1 atom stereocenters. The van der Waals surface area contributed by atoms with Crippen molar-refractivity contribution in [1.82, 2.24) is 4.98 Å². The van der Waals surface area contributed by atoms with Gasteiger partial charge in [-0.2, -0.15) is 5.26 Å². The van der Waals surface area contributed by atoms with E-state index >= 15 is 0 Å². The van der Waals surface area contributed by atoms with E-state index in [9.17, 15) is 0 Å². The Labute approximate surface area is 76.5 Å². The number of hydrogen-bond donors (Lipinski definition) is 1. The molecule has 1 aliphatic rings. The highest BCUT2D eigenvalue weighted by atomic mass is 14.6. The molecule has 0 spiro atoms. The van der Waals surface area contributed by atoms with Gasteiger partial charge in [-0.1, -0.05) is 18.2 Å². The standard InChI is InChI=1S/C11H10N2/c1-11(8-12)5-2-3-10-9(7-11)4-6-13-10/h2-7,13H,1H3. The molecule has 1 heterocycles. The molecule has 0 radical (unpaired) electrons. The molecule has 64 valence electrons. The average molecular weight is 170 g/mol. The van der Waals surface area contributed by atoms with Gasteiger partial charge in [0.1, 0.15) is 0 Å². The average Bonchev–Trinajstić information content (AvgIpc) is 2.47. The molecular formula is C11H10N2. The van der Waals surface area contributed by atoms with Crippen LogP contribution in [-0.4, -0.2) is 4.98 Å². The maximum Gasteiger partial charge on any atom is 0.0918 e. The zero-order chi connectivity index (χ0) is 9.31. The summed E-state index contributed by atoms with van der Waals surface area (Å²) in [5.41, 5.74) is -0.482. The fourth-order valence-corrected chi connectivity index (χ4v) is 1.45. The van der Waals surface area contributed by atoms with Gasteiger partial charge < -0.3 is 4.98 Å². The number of hydrogen-bond acceptors (Lipinski definition) is 1. The SMILES string of the molecule is CC1(C#N)C=CC=c2[nH]ccc2=C1. The van der Waals surface area contributed by atoms with Crippen LogP contribution >= 0.6 is 0 Å². The molecule has 0 bridgehead atoms. The molecular weight excluding hydrogens is 160 g/mol. The first-order chi connectivity index (χ1) is 6.23. The van der Waals surface area contributed by atoms with Crippen molar-refractivity contribution in [2.45, 2.75) is 6.92 Å². The van der Waals surface area contributed by atoms with Crippen LogP contribution in [0.4, 0.5) is 0 Å². The number of aromatic amines is 1. The van der Waals surface area contributed by atoms with Crippen LogP contribution in [0, 0.1) is 16.7 Å². The predicted octanol–water partition coefficient (Wildman–Crippen LogP) is 0.675. The van der Waals surface area contributed by atoms with E-state index in [1.807, 2.05) is 43.5 Å². The fraction of sp³-hybridized carbons (Fsp3) is 0.182. The minimum absolute atomic E-state index is 0.482. The van der Waals surface area contributed by atoms with E-state index in [1.165, 1.54) is 0 Å². The Morgan fingerprint density at radius 3 is 3.15 bits per heavy atom. The summed E-state index contributed by atoms with van der Waals surface area (Å²) in [5.74, 6) is 0. The molecule has 1 aliphatic carbocycles. The number of nitriles is 1. The molecule has 2 rings (SSSR count). The highest BCUT2D eigenvalue weighted by molar-refractivity contribution is 5.50. The molecule has 0 aliphatic heterocycles. The Morgan fingerprint density at radius 1 is 1.54 bits per heavy atom. The first-order valence-electron chi connectivity index (χ1n) is 4.21. The van der Waals surface area contributed by atoms with Crippen LogP contribution in [0.15, 0.2) is 24.4 Å². The third-order valence-electron chi connectivity index (χ3n) is 2.21. The van der Waals surface area contributed by atoms with E-state index < -0.39 is 5.41 Å². The van der Waals surface area contributed by atoms with Gasteiger partial charge in [-0.05, 0) is 24.3 Å². The van der Waals surface area contributed by atoms with E-state index in [1.54, 1.807) is 0 Å². The molecule has 0 aromatic carbocycles. The van der Waals surface area contributed by atoms with Crippen LogP contribution in [0.5, 0.6) is 0 Å². The molecule has 0 fully saturated rings. The van der Waals surface area contributed by atoms with E-state index in [4.69, 9.17) is 5.26 Å². The summed E-state index contributed by atoms with van der Waals surface area (Å²) in [6.45, 7) is 1.90. The van der Waals surface area contributed by atoms with Crippen molar-refractivity contribution in [3.63, 3.8) is 0 Å². The zero-order valence-corrected chi connectivity index (χ0v) is 7.41. The number of H-pyrrole nitrogens is 1. The van der Waals surface area contributed by atoms with Crippen molar-refractivity contribution in [3.05, 3.63) is 35.0 Å². The smallest absolute Gasteiger partial charge is 0.0918 e. The Kier molecular flexibility index (Phi) is 1.60. The third-order valence-corrected chi connectivity index (χ3v) is 2.21. The van der Waals surface area contributed by atoms with E-state index in [0.29, 0.717) is 0 Å². The molecule has 1 N–H and O–H groups in total. The normalized spacial score (nSPS) is 24.9. The Bertz CT molecular complexity index is 499. The summed E-state index contributed by atoms with van der Waals surface area (Å²) in [7, 11) is 0. The van der Waals surface area contributed by atoms with Gasteiger partial charge >= 0.3 is 0 Å². The van der Waals surface area contributed by atoms with E-state index in [2.05, 4.69) is 11.1 Å². The van der Waals surface area contributed by atoms with Gasteiger partial charge in [-0.3, -0.25) is 0 Å². The summed E-state index contributed by atoms with van der Waals surface area (Å²) in [5, 5.41) is 11.1. The van der Waals surface area contributed by atoms with Gasteiger partial charge in [0.15, 0.2) is 0 Å². The fourth-order valence-electron chi connectivity index (χ4n) is 1.45. The van der Waals surface area contributed by atoms with Crippen molar-refractivity contribution in [2.75, 3.05) is 0 Å². The van der Waals surface area contributed by atoms with Crippen molar-refractivity contribution >= 4 is 12.2 Å². The maximum atomic E-state index is 8.98. The first-order valence-corrected chi connectivity index (χ1v) is 4.21. The summed E-state index contributed by atoms with van der Waals surface area (Å²) >= 11 is 0. The van der Waals surface area contributed by atoms with Gasteiger partial charge in [0.2, 0.25) is 0 Å². The summed E-state index contributed by atoms with van der Waals surface area (Å²) in [6, 6.07) is 4.26. The van der Waals surface area contributed by atoms with Crippen molar-refractivity contribution < 1.29 is 0 Å². The minimum Gasteiger partial charge on any atom is -0.361 e. The maximum absolute atomic E-state index is 8.98. The molecule has 0 amide bonds. The summed E-state index contributed by atoms with van der Waals surface area (Å²) < 4.78 is 0. The van der Waals surface area contributed by atoms with Crippen LogP contribution in [0.25, 0.3) is 12.2 Å². The molecule has 1 aromatic heterocycles. The zero-order valence-electron chi connectivity index (χ0n) is 7.41. The lowest BCUT2D eigenvalue weighted by Crippen LogP contribution is -2.23. The topological polar surface area (TPSA) is 39.6 Å². The van der Waals surface area contributed by atoms with Gasteiger partial charge in [-0.15, -0.1) is 0 Å². The first kappa shape index (κ1) is 7.88. The van der Waals surface area contributed by atoms with Gasteiger partial charge in [0.05, 0.1) is 11.5 Å². The van der Waals surface area contributed by atoms with Crippen LogP contribution in [-0.2, 0) is 0 Å². The highest BCUT2D eigenvalue weighted by Crippen LogP contribution is 2.19. The number of aromatic nitrogens is 1. The lowest BCUT2D eigenvalue weighted by molar-refractivity contribution is 0.785. The largest absolute Gasteiger partial charge is 0.361 e. The molecule has 0 saturated carbocycles. The highest BCUT2D eigenvalue weighted by Gasteiger charge is 2.16. The van der Waals surface area contributed by atoms with Gasteiger partial charge in [0, 0.05) is 11.5 Å². The molecule has 0 saturated heterocycles. The van der Waals surface area contributed by atoms with Crippen LogP contribution < -0.4 is 10.6 Å². The van der Waals surface area contributed by atoms with Crippen LogP contribution in [0.3, 0.4) is 0 Å². The second-order valence-corrected chi connectivity index (χ2v) is 3.41. The number of nitrogens with zero attached hydrogens (tertiary/aromatic N) is 1. The number of allylic oxidation sites excluding steroid dienone is 2. The molecule has 2 nitrogen and oxygen atoms in total. The van der Waals surface area contributed by atoms with Crippen molar-refractivity contribution in [3.8, 4) is 6.07 Å². The van der Waals surface area contributed by atoms with Crippen molar-refractivity contribution in [1.29, 1.82) is 5.26 Å². The van der Waals surface area contributed by atoms with Gasteiger partial charge in [0.25, 0.3) is 0 Å². The lowest BCUT2D eigenvalue weighted by Gasteiger charge is -2.08. The van der Waals surface area contributed by atoms with E-state index in [-0.39, 0.29) is 0 Å².